The number of rotatable bonds is 19. The van der Waals surface area contributed by atoms with E-state index in [1.165, 1.54) is 0 Å². The number of hydrogen-bond acceptors (Lipinski definition) is 14. The molecule has 3 aromatic carbocycles. The Morgan fingerprint density at radius 1 is 0.724 bits per heavy atom. The molecule has 3 unspecified atom stereocenters. The number of carboxylic acid groups (broad SMARTS) is 1. The zero-order chi connectivity index (χ0) is 41.3. The van der Waals surface area contributed by atoms with Crippen molar-refractivity contribution in [2.45, 2.75) is 88.4 Å². The van der Waals surface area contributed by atoms with E-state index in [0.29, 0.717) is 12.8 Å². The first-order valence-corrected chi connectivity index (χ1v) is 19.1. The van der Waals surface area contributed by atoms with Gasteiger partial charge in [0.15, 0.2) is 5.84 Å². The van der Waals surface area contributed by atoms with E-state index in [-0.39, 0.29) is 76.9 Å². The third kappa shape index (κ3) is 13.3. The molecule has 2 aliphatic heterocycles. The number of ether oxygens (including phenoxy) is 3. The number of amidine groups is 1. The highest BCUT2D eigenvalue weighted by atomic mass is 16.6. The molecule has 3 aromatic rings. The Labute approximate surface area is 335 Å². The number of carbonyl (C=O) groups excluding carboxylic acids is 3. The normalized spacial score (nSPS) is 19.6. The summed E-state index contributed by atoms with van der Waals surface area (Å²) in [6.07, 6.45) is -3.19. The Balaban J connectivity index is 1.13. The van der Waals surface area contributed by atoms with Gasteiger partial charge >= 0.3 is 24.1 Å². The Bertz CT molecular complexity index is 1870. The summed E-state index contributed by atoms with van der Waals surface area (Å²) in [5.74, 6) is -1.71. The van der Waals surface area contributed by atoms with Crippen LogP contribution in [-0.2, 0) is 43.6 Å². The number of guanidine groups is 1. The van der Waals surface area contributed by atoms with E-state index in [0.717, 1.165) is 16.7 Å². The summed E-state index contributed by atoms with van der Waals surface area (Å²) < 4.78 is 16.0. The molecule has 1 saturated heterocycles. The van der Waals surface area contributed by atoms with Gasteiger partial charge in [-0.2, -0.15) is 4.99 Å². The van der Waals surface area contributed by atoms with Crippen LogP contribution in [0.15, 0.2) is 101 Å². The Kier molecular flexibility index (Phi) is 16.0. The summed E-state index contributed by atoms with van der Waals surface area (Å²) in [5.41, 5.74) is 0.353. The van der Waals surface area contributed by atoms with E-state index in [1.54, 1.807) is 29.2 Å². The van der Waals surface area contributed by atoms with Crippen LogP contribution in [-0.4, -0.2) is 111 Å². The number of likely N-dealkylation sites (tertiary alicyclic amines) is 1. The molecule has 310 valence electrons. The number of carbonyl (C=O) groups is 4. The fraction of sp³-hybridized carbons (Fsp3) is 0.415. The maximum atomic E-state index is 13.2. The fourth-order valence-corrected chi connectivity index (χ4v) is 6.35. The molecule has 1 fully saturated rings. The number of nitrogens with one attached hydrogen (secondary N) is 3. The molecule has 58 heavy (non-hydrogen) atoms. The molecule has 0 saturated carbocycles. The van der Waals surface area contributed by atoms with Crippen LogP contribution in [0.4, 0.5) is 9.59 Å². The molecule has 2 amide bonds. The zero-order valence-electron chi connectivity index (χ0n) is 31.9. The summed E-state index contributed by atoms with van der Waals surface area (Å²) in [6, 6.07) is 24.9. The number of carboxylic acids is 1. The minimum atomic E-state index is -1.96. The number of esters is 1. The van der Waals surface area contributed by atoms with Gasteiger partial charge in [0, 0.05) is 26.1 Å². The third-order valence-electron chi connectivity index (χ3n) is 9.45. The predicted molar refractivity (Wildman–Crippen MR) is 210 cm³/mol. The van der Waals surface area contributed by atoms with Gasteiger partial charge in [0.1, 0.15) is 31.9 Å². The van der Waals surface area contributed by atoms with Crippen LogP contribution in [0, 0.1) is 0 Å². The average molecular weight is 803 g/mol. The van der Waals surface area contributed by atoms with Crippen molar-refractivity contribution in [1.82, 2.24) is 20.9 Å². The van der Waals surface area contributed by atoms with E-state index < -0.39 is 54.1 Å². The molecule has 5 atom stereocenters. The minimum absolute atomic E-state index is 0.0115. The highest BCUT2D eigenvalue weighted by Gasteiger charge is 2.47. The number of hydrogen-bond donors (Lipinski definition) is 7. The Morgan fingerprint density at radius 3 is 1.79 bits per heavy atom. The molecule has 7 N–H and O–H groups in total. The molecule has 0 aliphatic carbocycles. The predicted octanol–water partition coefficient (Wildman–Crippen LogP) is 2.83. The Hall–Kier alpha value is -6.04. The summed E-state index contributed by atoms with van der Waals surface area (Å²) in [4.78, 5) is 60.4. The second kappa shape index (κ2) is 21.5. The van der Waals surface area contributed by atoms with Crippen molar-refractivity contribution in [3.63, 3.8) is 0 Å². The molecule has 0 aromatic heterocycles. The van der Waals surface area contributed by atoms with Crippen LogP contribution in [0.5, 0.6) is 0 Å². The van der Waals surface area contributed by atoms with Crippen molar-refractivity contribution in [2.24, 2.45) is 9.98 Å². The van der Waals surface area contributed by atoms with Crippen molar-refractivity contribution < 1.29 is 53.8 Å². The lowest BCUT2D eigenvalue weighted by atomic mass is 10.0. The first-order chi connectivity index (χ1) is 28.0. The molecule has 0 bridgehead atoms. The maximum absolute atomic E-state index is 13.2. The van der Waals surface area contributed by atoms with Crippen LogP contribution in [0.25, 0.3) is 0 Å². The topological polar surface area (TPSA) is 241 Å². The van der Waals surface area contributed by atoms with Gasteiger partial charge in [0.05, 0.1) is 12.2 Å². The molecule has 0 radical (unpaired) electrons. The molecular formula is C41H50N6O11. The van der Waals surface area contributed by atoms with Gasteiger partial charge in [-0.1, -0.05) is 91.0 Å². The van der Waals surface area contributed by atoms with Crippen LogP contribution in [0.1, 0.15) is 55.2 Å². The standard InChI is InChI=1S/C41H50N6O11/c48-33-23-41(55)37(45-38(46-41)42-21-12-20-31(35(50)51)43-39(53)57-26-29-15-6-2-7-16-29)47(24-34(33)49)22-11-10-19-32(36(52)56-25-28-13-4-1-5-14-28)44-40(54)58-27-30-17-8-3-9-18-30/h1-9,13-18,31-34,48-49,55H,10-12,19-27H2,(H,42,46)(H,43,53)(H,44,54)(H,50,51)/t31?,32?,33-,34+,41?/m0/s1. The number of aliphatic imine (C=N–C) groups is 2. The smallest absolute Gasteiger partial charge is 0.408 e. The van der Waals surface area contributed by atoms with E-state index >= 15 is 0 Å². The minimum Gasteiger partial charge on any atom is -0.480 e. The van der Waals surface area contributed by atoms with Crippen molar-refractivity contribution >= 4 is 35.9 Å². The Morgan fingerprint density at radius 2 is 1.24 bits per heavy atom. The van der Waals surface area contributed by atoms with E-state index in [2.05, 4.69) is 25.9 Å². The molecule has 17 heteroatoms. The lowest BCUT2D eigenvalue weighted by molar-refractivity contribution is -0.147. The van der Waals surface area contributed by atoms with E-state index in [4.69, 9.17) is 14.2 Å². The van der Waals surface area contributed by atoms with Gasteiger partial charge in [-0.15, -0.1) is 0 Å². The van der Waals surface area contributed by atoms with Gasteiger partial charge in [-0.25, -0.2) is 24.2 Å². The molecule has 2 aliphatic rings. The highest BCUT2D eigenvalue weighted by molar-refractivity contribution is 6.05. The van der Waals surface area contributed by atoms with Crippen molar-refractivity contribution in [1.29, 1.82) is 0 Å². The first kappa shape index (κ1) is 43.1. The summed E-state index contributed by atoms with van der Waals surface area (Å²) in [6.45, 7) is 0.371. The third-order valence-corrected chi connectivity index (χ3v) is 9.45. The number of unbranched alkanes of at least 4 members (excludes halogenated alkanes) is 1. The number of nitrogens with zero attached hydrogens (tertiary/aromatic N) is 3. The van der Waals surface area contributed by atoms with Crippen molar-refractivity contribution in [3.8, 4) is 0 Å². The zero-order valence-corrected chi connectivity index (χ0v) is 31.9. The second-order valence-corrected chi connectivity index (χ2v) is 14.0. The molecule has 2 heterocycles. The van der Waals surface area contributed by atoms with Gasteiger partial charge in [0.2, 0.25) is 11.7 Å². The molecule has 5 rings (SSSR count). The SMILES string of the molecule is O=C(NC(CCCNC1=NC2(O)C[C@H](O)[C@H](O)CN(CCCCC(NC(=O)OCc3ccccc3)C(=O)OCc3ccccc3)C2=N1)C(=O)O)OCc1ccccc1. The summed E-state index contributed by atoms with van der Waals surface area (Å²) in [5, 5.41) is 50.4. The maximum Gasteiger partial charge on any atom is 0.408 e. The lowest BCUT2D eigenvalue weighted by Crippen LogP contribution is -2.46. The fourth-order valence-electron chi connectivity index (χ4n) is 6.35. The number of amides is 2. The number of fused-ring (bicyclic) bond motifs is 1. The lowest BCUT2D eigenvalue weighted by Gasteiger charge is -2.29. The van der Waals surface area contributed by atoms with Gasteiger partial charge < -0.3 is 55.5 Å². The summed E-state index contributed by atoms with van der Waals surface area (Å²) in [7, 11) is 0. The van der Waals surface area contributed by atoms with Gasteiger partial charge in [-0.05, 0) is 48.8 Å². The number of aliphatic hydroxyl groups excluding tert-OH is 2. The first-order valence-electron chi connectivity index (χ1n) is 19.1. The number of aliphatic hydroxyl groups is 3. The molecule has 17 nitrogen and oxygen atoms in total. The van der Waals surface area contributed by atoms with Crippen LogP contribution in [0.2, 0.25) is 0 Å². The number of β-amino-alcohol motifs (C(OH)–C–C–N with tert-alkyl or cyclic N) is 1. The van der Waals surface area contributed by atoms with Crippen molar-refractivity contribution in [2.75, 3.05) is 19.6 Å². The van der Waals surface area contributed by atoms with Crippen LogP contribution >= 0.6 is 0 Å². The van der Waals surface area contributed by atoms with E-state index in [9.17, 15) is 39.6 Å². The number of aliphatic carboxylic acids is 1. The quantitative estimate of drug-likeness (QED) is 0.0525. The van der Waals surface area contributed by atoms with E-state index in [1.807, 2.05) is 66.7 Å². The van der Waals surface area contributed by atoms with Gasteiger partial charge in [-0.3, -0.25) is 0 Å². The van der Waals surface area contributed by atoms with Crippen LogP contribution in [0.3, 0.4) is 0 Å². The van der Waals surface area contributed by atoms with Crippen molar-refractivity contribution in [3.05, 3.63) is 108 Å². The number of alkyl carbamates (subject to hydrolysis) is 2. The number of benzene rings is 3. The van der Waals surface area contributed by atoms with Gasteiger partial charge in [0.25, 0.3) is 0 Å². The molecule has 0 spiro atoms. The monoisotopic (exact) mass is 802 g/mol. The second-order valence-electron chi connectivity index (χ2n) is 14.0. The average Bonchev–Trinajstić information content (AvgIpc) is 3.51. The highest BCUT2D eigenvalue weighted by Crippen LogP contribution is 2.29. The van der Waals surface area contributed by atoms with Crippen LogP contribution < -0.4 is 16.0 Å². The molecular weight excluding hydrogens is 752 g/mol. The summed E-state index contributed by atoms with van der Waals surface area (Å²) >= 11 is 0. The largest absolute Gasteiger partial charge is 0.480 e.